The topological polar surface area (TPSA) is 131 Å². The summed E-state index contributed by atoms with van der Waals surface area (Å²) in [4.78, 5) is 42.1. The minimum atomic E-state index is -2.97. The lowest BCUT2D eigenvalue weighted by molar-refractivity contribution is -0.140. The number of carbonyl (C=O) groups is 2. The number of fused-ring (bicyclic) bond motifs is 4. The Bertz CT molecular complexity index is 2280. The fourth-order valence-corrected chi connectivity index (χ4v) is 10.4. The van der Waals surface area contributed by atoms with Crippen LogP contribution in [0.2, 0.25) is 18.1 Å². The summed E-state index contributed by atoms with van der Waals surface area (Å²) < 4.78 is 42.6. The van der Waals surface area contributed by atoms with Gasteiger partial charge in [-0.15, -0.1) is 0 Å². The van der Waals surface area contributed by atoms with Crippen LogP contribution in [0.15, 0.2) is 70.8 Å². The fraction of sp³-hybridized carbons (Fsp3) is 0.467. The van der Waals surface area contributed by atoms with E-state index in [1.807, 2.05) is 105 Å². The Morgan fingerprint density at radius 3 is 2.14 bits per heavy atom. The molecule has 1 saturated carbocycles. The maximum atomic E-state index is 16.6. The van der Waals surface area contributed by atoms with E-state index in [-0.39, 0.29) is 71.5 Å². The Morgan fingerprint density at radius 2 is 1.54 bits per heavy atom. The third-order valence-electron chi connectivity index (χ3n) is 13.1. The SMILES string of the molecule is CN1CCN(c2nc(F)c3c(c2OCc2ccccc2)C(O)=C2C(=O)[C@]4(O[Si](C)(C)C(C)(C)C)C(=O)c5c(OCc6ccccc6)noc5[C@@H](N(C)C)[C@@H]4C[C@@H]2C3)CC1. The van der Waals surface area contributed by atoms with Gasteiger partial charge in [-0.25, -0.2) is 0 Å². The van der Waals surface area contributed by atoms with Gasteiger partial charge in [0.15, 0.2) is 31.2 Å². The number of pyridine rings is 1. The molecule has 4 atom stereocenters. The summed E-state index contributed by atoms with van der Waals surface area (Å²) in [7, 11) is 2.78. The van der Waals surface area contributed by atoms with E-state index in [9.17, 15) is 5.11 Å². The van der Waals surface area contributed by atoms with E-state index in [1.165, 1.54) is 0 Å². The van der Waals surface area contributed by atoms with Crippen molar-refractivity contribution in [2.45, 2.75) is 76.6 Å². The number of Topliss-reactive ketones (excluding diaryl/α,β-unsaturated/α-hetero) is 2. The molecule has 3 aliphatic carbocycles. The molecule has 59 heavy (non-hydrogen) atoms. The van der Waals surface area contributed by atoms with Crippen LogP contribution in [0.1, 0.15) is 71.6 Å². The summed E-state index contributed by atoms with van der Waals surface area (Å²) in [6.45, 7) is 13.0. The molecule has 0 amide bonds. The molecule has 4 aliphatic rings. The van der Waals surface area contributed by atoms with Crippen LogP contribution in [-0.2, 0) is 28.9 Å². The summed E-state index contributed by atoms with van der Waals surface area (Å²) in [6, 6.07) is 18.4. The van der Waals surface area contributed by atoms with Crippen LogP contribution in [0.5, 0.6) is 11.6 Å². The van der Waals surface area contributed by atoms with E-state index in [0.29, 0.717) is 13.1 Å². The number of piperazine rings is 1. The Labute approximate surface area is 346 Å². The summed E-state index contributed by atoms with van der Waals surface area (Å²) >= 11 is 0. The zero-order chi connectivity index (χ0) is 42.0. The molecule has 12 nitrogen and oxygen atoms in total. The number of aliphatic hydroxyl groups is 1. The van der Waals surface area contributed by atoms with Crippen LogP contribution in [0.25, 0.3) is 5.76 Å². The number of hydrogen-bond donors (Lipinski definition) is 1. The van der Waals surface area contributed by atoms with Crippen LogP contribution in [0, 0.1) is 17.8 Å². The Balaban J connectivity index is 1.31. The molecule has 4 aromatic rings. The second-order valence-corrected chi connectivity index (χ2v) is 22.9. The van der Waals surface area contributed by atoms with E-state index in [4.69, 9.17) is 18.4 Å². The molecule has 1 saturated heterocycles. The van der Waals surface area contributed by atoms with E-state index < -0.39 is 60.1 Å². The van der Waals surface area contributed by atoms with Crippen molar-refractivity contribution >= 4 is 31.5 Å². The molecule has 0 radical (unpaired) electrons. The van der Waals surface area contributed by atoms with Gasteiger partial charge < -0.3 is 33.3 Å². The van der Waals surface area contributed by atoms with Gasteiger partial charge in [0.2, 0.25) is 17.5 Å². The minimum absolute atomic E-state index is 0.0268. The first-order valence-corrected chi connectivity index (χ1v) is 23.3. The van der Waals surface area contributed by atoms with Crippen molar-refractivity contribution in [1.82, 2.24) is 19.9 Å². The quantitative estimate of drug-likeness (QED) is 0.0972. The average Bonchev–Trinajstić information content (AvgIpc) is 3.62. The maximum absolute atomic E-state index is 16.6. The molecule has 1 N–H and O–H groups in total. The zero-order valence-electron chi connectivity index (χ0n) is 35.2. The Kier molecular flexibility index (Phi) is 10.6. The lowest BCUT2D eigenvalue weighted by atomic mass is 9.57. The number of anilines is 1. The van der Waals surface area contributed by atoms with E-state index >= 15 is 14.0 Å². The first-order valence-electron chi connectivity index (χ1n) is 20.4. The van der Waals surface area contributed by atoms with Crippen molar-refractivity contribution in [2.24, 2.45) is 11.8 Å². The number of ketones is 2. The highest BCUT2D eigenvalue weighted by molar-refractivity contribution is 6.74. The fourth-order valence-electron chi connectivity index (χ4n) is 8.94. The van der Waals surface area contributed by atoms with Gasteiger partial charge in [-0.3, -0.25) is 14.5 Å². The van der Waals surface area contributed by atoms with Crippen molar-refractivity contribution in [3.05, 3.63) is 106 Å². The molecular formula is C45H54FN5O7Si. The molecule has 1 aliphatic heterocycles. The summed E-state index contributed by atoms with van der Waals surface area (Å²) in [6.07, 6.45) is 0.258. The molecule has 0 unspecified atom stereocenters. The predicted octanol–water partition coefficient (Wildman–Crippen LogP) is 7.41. The molecule has 2 aromatic carbocycles. The van der Waals surface area contributed by atoms with Crippen molar-refractivity contribution in [2.75, 3.05) is 52.2 Å². The molecule has 0 spiro atoms. The number of benzene rings is 2. The van der Waals surface area contributed by atoms with Crippen LogP contribution in [0.4, 0.5) is 10.2 Å². The van der Waals surface area contributed by atoms with Crippen molar-refractivity contribution in [1.29, 1.82) is 0 Å². The van der Waals surface area contributed by atoms with Crippen molar-refractivity contribution in [3.63, 3.8) is 0 Å². The average molecular weight is 824 g/mol. The molecule has 3 heterocycles. The van der Waals surface area contributed by atoms with Gasteiger partial charge in [0, 0.05) is 43.2 Å². The Morgan fingerprint density at radius 1 is 0.932 bits per heavy atom. The first kappa shape index (κ1) is 40.9. The van der Waals surface area contributed by atoms with E-state index in [0.717, 1.165) is 24.2 Å². The number of likely N-dealkylation sites (N-methyl/N-ethyl adjacent to an activating group) is 1. The third kappa shape index (κ3) is 6.97. The van der Waals surface area contributed by atoms with Gasteiger partial charge in [0.25, 0.3) is 5.88 Å². The molecule has 14 heteroatoms. The van der Waals surface area contributed by atoms with Crippen LogP contribution < -0.4 is 14.4 Å². The number of halogens is 1. The summed E-state index contributed by atoms with van der Waals surface area (Å²) in [5.41, 5.74) is -0.0169. The van der Waals surface area contributed by atoms with E-state index in [1.54, 1.807) is 0 Å². The second-order valence-electron chi connectivity index (χ2n) is 18.1. The zero-order valence-corrected chi connectivity index (χ0v) is 36.2. The van der Waals surface area contributed by atoms with Crippen LogP contribution >= 0.6 is 0 Å². The third-order valence-corrected chi connectivity index (χ3v) is 17.6. The van der Waals surface area contributed by atoms with Gasteiger partial charge in [-0.2, -0.15) is 9.37 Å². The number of aliphatic hydroxyl groups excluding tert-OH is 1. The number of ether oxygens (including phenoxy) is 2. The largest absolute Gasteiger partial charge is 0.507 e. The van der Waals surface area contributed by atoms with Gasteiger partial charge in [-0.05, 0) is 74.3 Å². The highest BCUT2D eigenvalue weighted by Gasteiger charge is 2.69. The standard InChI is InChI=1S/C45H54FN5O7Si/c1-44(2,3)59(7,8)58-45-31(35(49(4)5)37-34(40(45)54)43(48-57-37)56-26-28-17-13-10-14-18-28)24-29-23-30-33(36(52)32(29)39(45)53)38(55-25-27-15-11-9-12-16-27)42(47-41(30)46)51-21-19-50(6)20-22-51/h9-18,29,31,35,52H,19-26H2,1-8H3/t29-,31-,35-,45-/m0/s1. The predicted molar refractivity (Wildman–Crippen MR) is 224 cm³/mol. The van der Waals surface area contributed by atoms with Gasteiger partial charge in [-0.1, -0.05) is 81.4 Å². The number of carbonyl (C=O) groups excluding carboxylic acids is 2. The van der Waals surface area contributed by atoms with Gasteiger partial charge in [0.1, 0.15) is 24.5 Å². The molecular weight excluding hydrogens is 770 g/mol. The molecule has 2 fully saturated rings. The number of nitrogens with zero attached hydrogens (tertiary/aromatic N) is 5. The van der Waals surface area contributed by atoms with Gasteiger partial charge in [0.05, 0.1) is 11.6 Å². The molecule has 2 aromatic heterocycles. The first-order chi connectivity index (χ1) is 28.0. The molecule has 8 rings (SSSR count). The normalized spacial score (nSPS) is 23.5. The number of aromatic nitrogens is 2. The summed E-state index contributed by atoms with van der Waals surface area (Å²) in [5, 5.41) is 16.5. The van der Waals surface area contributed by atoms with Crippen molar-refractivity contribution < 1.29 is 37.5 Å². The van der Waals surface area contributed by atoms with Crippen molar-refractivity contribution in [3.8, 4) is 11.6 Å². The van der Waals surface area contributed by atoms with E-state index in [2.05, 4.69) is 35.8 Å². The second kappa shape index (κ2) is 15.3. The number of hydrogen-bond acceptors (Lipinski definition) is 12. The number of rotatable bonds is 10. The molecule has 312 valence electrons. The molecule has 0 bridgehead atoms. The monoisotopic (exact) mass is 823 g/mol. The lowest BCUT2D eigenvalue weighted by Gasteiger charge is -2.55. The van der Waals surface area contributed by atoms with Crippen LogP contribution in [-0.4, -0.2) is 97.9 Å². The summed E-state index contributed by atoms with van der Waals surface area (Å²) in [5.74, 6) is -3.13. The van der Waals surface area contributed by atoms with Crippen LogP contribution in [0.3, 0.4) is 0 Å². The Hall–Kier alpha value is -4.89. The highest BCUT2D eigenvalue weighted by atomic mass is 28.4. The highest BCUT2D eigenvalue weighted by Crippen LogP contribution is 2.59. The lowest BCUT2D eigenvalue weighted by Crippen LogP contribution is -2.68. The van der Waals surface area contributed by atoms with Gasteiger partial charge >= 0.3 is 0 Å². The smallest absolute Gasteiger partial charge is 0.265 e. The minimum Gasteiger partial charge on any atom is -0.507 e. The maximum Gasteiger partial charge on any atom is 0.265 e.